The second kappa shape index (κ2) is 9.06. The number of halogens is 1. The monoisotopic (exact) mass is 498 g/mol. The highest BCUT2D eigenvalue weighted by Gasteiger charge is 2.18. The number of nitrogens with zero attached hydrogens (tertiary/aromatic N) is 3. The van der Waals surface area contributed by atoms with Crippen LogP contribution in [0, 0.1) is 11.3 Å². The van der Waals surface area contributed by atoms with E-state index in [1.807, 2.05) is 41.7 Å². The van der Waals surface area contributed by atoms with Gasteiger partial charge in [-0.05, 0) is 48.4 Å². The summed E-state index contributed by atoms with van der Waals surface area (Å²) in [6.45, 7) is 1.97. The van der Waals surface area contributed by atoms with Gasteiger partial charge in [-0.2, -0.15) is 5.26 Å². The molecular weight excluding hydrogens is 480 g/mol. The number of pyridine rings is 1. The predicted molar refractivity (Wildman–Crippen MR) is 131 cm³/mol. The molecule has 4 aromatic rings. The third-order valence-corrected chi connectivity index (χ3v) is 7.55. The number of para-hydroxylation sites is 2. The largest absolute Gasteiger partial charge is 0.324 e. The van der Waals surface area contributed by atoms with Crippen LogP contribution in [0.2, 0.25) is 5.02 Å². The molecular formula is C23H19ClN4O3S2. The van der Waals surface area contributed by atoms with Crippen molar-refractivity contribution < 1.29 is 13.2 Å². The highest BCUT2D eigenvalue weighted by Crippen LogP contribution is 2.31. The van der Waals surface area contributed by atoms with E-state index in [2.05, 4.69) is 16.4 Å². The van der Waals surface area contributed by atoms with Gasteiger partial charge in [0.1, 0.15) is 6.07 Å². The van der Waals surface area contributed by atoms with Gasteiger partial charge in [0.15, 0.2) is 15.5 Å². The third kappa shape index (κ3) is 4.55. The molecule has 2 heterocycles. The molecule has 2 aromatic heterocycles. The third-order valence-electron chi connectivity index (χ3n) is 5.11. The topological polar surface area (TPSA) is 104 Å². The average Bonchev–Trinajstić information content (AvgIpc) is 3.17. The van der Waals surface area contributed by atoms with Crippen LogP contribution in [0.5, 0.6) is 0 Å². The van der Waals surface area contributed by atoms with E-state index < -0.39 is 9.84 Å². The van der Waals surface area contributed by atoms with Crippen LogP contribution in [0.25, 0.3) is 16.7 Å². The Hall–Kier alpha value is -3.06. The van der Waals surface area contributed by atoms with Crippen LogP contribution >= 0.6 is 23.4 Å². The molecule has 0 aliphatic rings. The van der Waals surface area contributed by atoms with Crippen LogP contribution in [0.3, 0.4) is 0 Å². The second-order valence-corrected chi connectivity index (χ2v) is 10.8. The summed E-state index contributed by atoms with van der Waals surface area (Å²) in [4.78, 5) is 17.4. The maximum Gasteiger partial charge on any atom is 0.234 e. The Morgan fingerprint density at radius 3 is 2.70 bits per heavy atom. The van der Waals surface area contributed by atoms with Crippen LogP contribution in [-0.4, -0.2) is 35.7 Å². The molecule has 0 aliphatic heterocycles. The molecule has 0 radical (unpaired) electrons. The molecule has 0 aliphatic carbocycles. The zero-order valence-corrected chi connectivity index (χ0v) is 20.2. The summed E-state index contributed by atoms with van der Waals surface area (Å²) in [5.41, 5.74) is 3.78. The van der Waals surface area contributed by atoms with Crippen LogP contribution in [0.4, 0.5) is 5.69 Å². The summed E-state index contributed by atoms with van der Waals surface area (Å²) in [5.74, 6) is -0.289. The summed E-state index contributed by atoms with van der Waals surface area (Å²) in [6, 6.07) is 15.9. The van der Waals surface area contributed by atoms with Crippen molar-refractivity contribution in [1.29, 1.82) is 5.26 Å². The lowest BCUT2D eigenvalue weighted by molar-refractivity contribution is -0.113. The van der Waals surface area contributed by atoms with Gasteiger partial charge in [0.2, 0.25) is 5.91 Å². The summed E-state index contributed by atoms with van der Waals surface area (Å²) in [5, 5.41) is 13.4. The fraction of sp³-hybridized carbons (Fsp3) is 0.174. The second-order valence-electron chi connectivity index (χ2n) is 7.36. The van der Waals surface area contributed by atoms with Crippen LogP contribution in [-0.2, 0) is 21.1 Å². The molecule has 2 aromatic carbocycles. The van der Waals surface area contributed by atoms with Crippen LogP contribution in [0.15, 0.2) is 58.5 Å². The molecule has 10 heteroatoms. The van der Waals surface area contributed by atoms with Crippen molar-refractivity contribution in [3.8, 4) is 6.07 Å². The minimum Gasteiger partial charge on any atom is -0.324 e. The van der Waals surface area contributed by atoms with Gasteiger partial charge in [0.25, 0.3) is 0 Å². The molecule has 1 amide bonds. The van der Waals surface area contributed by atoms with Gasteiger partial charge in [-0.3, -0.25) is 9.20 Å². The minimum absolute atomic E-state index is 0.0517. The number of sulfone groups is 1. The molecule has 0 saturated heterocycles. The van der Waals surface area contributed by atoms with E-state index in [1.165, 1.54) is 30.0 Å². The van der Waals surface area contributed by atoms with Gasteiger partial charge in [-0.15, -0.1) is 0 Å². The lowest BCUT2D eigenvalue weighted by Crippen LogP contribution is -2.15. The summed E-state index contributed by atoms with van der Waals surface area (Å²) >= 11 is 7.45. The highest BCUT2D eigenvalue weighted by atomic mass is 35.5. The van der Waals surface area contributed by atoms with Crippen molar-refractivity contribution in [2.75, 3.05) is 17.3 Å². The van der Waals surface area contributed by atoms with Crippen molar-refractivity contribution in [1.82, 2.24) is 9.38 Å². The molecule has 0 unspecified atom stereocenters. The van der Waals surface area contributed by atoms with Gasteiger partial charge in [-0.25, -0.2) is 13.4 Å². The molecule has 0 saturated carbocycles. The van der Waals surface area contributed by atoms with Crippen molar-refractivity contribution >= 4 is 61.5 Å². The number of aromatic nitrogens is 2. The first-order valence-corrected chi connectivity index (χ1v) is 13.2. The normalized spacial score (nSPS) is 11.6. The Morgan fingerprint density at radius 1 is 1.24 bits per heavy atom. The predicted octanol–water partition coefficient (Wildman–Crippen LogP) is 4.71. The standard InChI is InChI=1S/C23H19ClN4O3S2/c1-3-14-10-22(28-20-7-5-4-6-18(20)27-23(28)16(14)12-25)32-13-21(29)26-19-11-15(33(2,30)31)8-9-17(19)24/h4-11H,3,13H2,1-2H3,(H,26,29). The lowest BCUT2D eigenvalue weighted by Gasteiger charge is -2.12. The van der Waals surface area contributed by atoms with E-state index in [4.69, 9.17) is 11.6 Å². The number of benzene rings is 2. The zero-order valence-electron chi connectivity index (χ0n) is 17.8. The number of hydrogen-bond donors (Lipinski definition) is 1. The van der Waals surface area contributed by atoms with Crippen molar-refractivity contribution in [3.63, 3.8) is 0 Å². The molecule has 0 atom stereocenters. The van der Waals surface area contributed by atoms with Crippen molar-refractivity contribution in [3.05, 3.63) is 64.7 Å². The minimum atomic E-state index is -3.44. The van der Waals surface area contributed by atoms with Gasteiger partial charge < -0.3 is 5.32 Å². The van der Waals surface area contributed by atoms with E-state index in [-0.39, 0.29) is 27.3 Å². The van der Waals surface area contributed by atoms with Gasteiger partial charge in [0.05, 0.1) is 43.0 Å². The van der Waals surface area contributed by atoms with Gasteiger partial charge >= 0.3 is 0 Å². The number of hydrogen-bond acceptors (Lipinski definition) is 6. The number of carbonyl (C=O) groups is 1. The molecule has 33 heavy (non-hydrogen) atoms. The molecule has 168 valence electrons. The maximum atomic E-state index is 12.7. The van der Waals surface area contributed by atoms with Gasteiger partial charge in [0, 0.05) is 6.26 Å². The number of anilines is 1. The van der Waals surface area contributed by atoms with E-state index in [9.17, 15) is 18.5 Å². The Balaban J connectivity index is 1.66. The van der Waals surface area contributed by atoms with Crippen LogP contribution in [0.1, 0.15) is 18.1 Å². The smallest absolute Gasteiger partial charge is 0.234 e. The number of aryl methyl sites for hydroxylation is 1. The number of carbonyl (C=O) groups excluding carboxylic acids is 1. The first-order valence-electron chi connectivity index (χ1n) is 9.98. The lowest BCUT2D eigenvalue weighted by atomic mass is 10.1. The molecule has 0 bridgehead atoms. The molecule has 0 fully saturated rings. The fourth-order valence-electron chi connectivity index (χ4n) is 3.51. The van der Waals surface area contributed by atoms with E-state index in [0.29, 0.717) is 17.6 Å². The first-order chi connectivity index (χ1) is 15.7. The number of fused-ring (bicyclic) bond motifs is 3. The number of imidazole rings is 1. The Bertz CT molecular complexity index is 1560. The number of nitrogens with one attached hydrogen (secondary N) is 1. The van der Waals surface area contributed by atoms with Crippen molar-refractivity contribution in [2.24, 2.45) is 0 Å². The van der Waals surface area contributed by atoms with E-state index >= 15 is 0 Å². The summed E-state index contributed by atoms with van der Waals surface area (Å²) in [7, 11) is -3.44. The number of thioether (sulfide) groups is 1. The van der Waals surface area contributed by atoms with E-state index in [0.717, 1.165) is 27.9 Å². The van der Waals surface area contributed by atoms with E-state index in [1.54, 1.807) is 0 Å². The van der Waals surface area contributed by atoms with Crippen molar-refractivity contribution in [2.45, 2.75) is 23.3 Å². The number of amides is 1. The summed E-state index contributed by atoms with van der Waals surface area (Å²) < 4.78 is 25.5. The molecule has 0 spiro atoms. The Morgan fingerprint density at radius 2 is 2.00 bits per heavy atom. The number of rotatable bonds is 6. The SMILES string of the molecule is CCc1cc(SCC(=O)Nc2cc(S(C)(=O)=O)ccc2Cl)n2c(nc3ccccc32)c1C#N. The number of nitriles is 1. The Kier molecular flexibility index (Phi) is 6.34. The average molecular weight is 499 g/mol. The first kappa shape index (κ1) is 23.1. The molecule has 4 rings (SSSR count). The highest BCUT2D eigenvalue weighted by molar-refractivity contribution is 7.99. The fourth-order valence-corrected chi connectivity index (χ4v) is 5.21. The molecule has 1 N–H and O–H groups in total. The maximum absolute atomic E-state index is 12.7. The quantitative estimate of drug-likeness (QED) is 0.386. The Labute approximate surface area is 200 Å². The van der Waals surface area contributed by atoms with Gasteiger partial charge in [-0.1, -0.05) is 42.4 Å². The summed E-state index contributed by atoms with van der Waals surface area (Å²) in [6.07, 6.45) is 1.74. The molecule has 7 nitrogen and oxygen atoms in total. The van der Waals surface area contributed by atoms with Crippen LogP contribution < -0.4 is 5.32 Å². The zero-order chi connectivity index (χ0) is 23.8.